The molecular formula is C24H35NO11. The Morgan fingerprint density at radius 2 is 1.39 bits per heavy atom. The molecule has 0 fully saturated rings. The molecule has 12 heteroatoms. The quantitative estimate of drug-likeness (QED) is 0.233. The molecule has 0 aliphatic carbocycles. The molecule has 3 atom stereocenters. The molecular weight excluding hydrogens is 478 g/mol. The number of carbonyl (C=O) groups excluding carboxylic acids is 3. The second-order valence-electron chi connectivity index (χ2n) is 8.91. The van der Waals surface area contributed by atoms with Crippen molar-refractivity contribution in [3.8, 4) is 11.5 Å². The standard InChI is InChI=1S/C24H35NO11/c1-13(2)11-32-23(29)35-18-8-7-16(10-19(18)36-24(30)33-12-14(3)4)17(20(25)21(26)27)9-15(5)34-22(28)31-6/h7-8,10,13-15,17,20H,9,11-12,25H2,1-6H3,(H,26,27)/t15?,17?,20-/m0/s1. The minimum atomic E-state index is -1.41. The molecule has 0 heterocycles. The van der Waals surface area contributed by atoms with Crippen molar-refractivity contribution < 1.29 is 52.7 Å². The summed E-state index contributed by atoms with van der Waals surface area (Å²) >= 11 is 0. The number of carboxylic acid groups (broad SMARTS) is 1. The van der Waals surface area contributed by atoms with Gasteiger partial charge in [-0.2, -0.15) is 0 Å². The molecule has 3 N–H and O–H groups in total. The van der Waals surface area contributed by atoms with Crippen LogP contribution in [0, 0.1) is 11.8 Å². The third kappa shape index (κ3) is 10.8. The zero-order valence-electron chi connectivity index (χ0n) is 21.3. The van der Waals surface area contributed by atoms with E-state index in [9.17, 15) is 24.3 Å². The first-order valence-electron chi connectivity index (χ1n) is 11.4. The summed E-state index contributed by atoms with van der Waals surface area (Å²) in [6.45, 7) is 9.10. The average Bonchev–Trinajstić information content (AvgIpc) is 2.80. The van der Waals surface area contributed by atoms with Crippen LogP contribution < -0.4 is 15.2 Å². The van der Waals surface area contributed by atoms with E-state index in [0.717, 1.165) is 7.11 Å². The highest BCUT2D eigenvalue weighted by molar-refractivity contribution is 5.75. The van der Waals surface area contributed by atoms with Crippen LogP contribution in [0.1, 0.15) is 52.5 Å². The number of hydrogen-bond acceptors (Lipinski definition) is 11. The summed E-state index contributed by atoms with van der Waals surface area (Å²) in [5.74, 6) is -2.46. The Bertz CT molecular complexity index is 900. The molecule has 36 heavy (non-hydrogen) atoms. The van der Waals surface area contributed by atoms with Gasteiger partial charge in [0.1, 0.15) is 12.1 Å². The third-order valence-electron chi connectivity index (χ3n) is 4.62. The number of rotatable bonds is 12. The van der Waals surface area contributed by atoms with Crippen LogP contribution in [0.2, 0.25) is 0 Å². The zero-order valence-corrected chi connectivity index (χ0v) is 21.3. The predicted octanol–water partition coefficient (Wildman–Crippen LogP) is 4.09. The first kappa shape index (κ1) is 30.5. The van der Waals surface area contributed by atoms with Gasteiger partial charge in [0.25, 0.3) is 0 Å². The number of nitrogens with two attached hydrogens (primary N) is 1. The van der Waals surface area contributed by atoms with Crippen LogP contribution in [0.3, 0.4) is 0 Å². The molecule has 1 aromatic carbocycles. The maximum atomic E-state index is 12.2. The van der Waals surface area contributed by atoms with Crippen LogP contribution in [-0.2, 0) is 23.7 Å². The normalized spacial score (nSPS) is 13.4. The number of carbonyl (C=O) groups is 4. The fraction of sp³-hybridized carbons (Fsp3) is 0.583. The monoisotopic (exact) mass is 513 g/mol. The molecule has 12 nitrogen and oxygen atoms in total. The second kappa shape index (κ2) is 14.8. The number of carboxylic acids is 1. The summed E-state index contributed by atoms with van der Waals surface area (Å²) in [6, 6.07) is 2.66. The van der Waals surface area contributed by atoms with E-state index in [-0.39, 0.29) is 43.0 Å². The van der Waals surface area contributed by atoms with Crippen molar-refractivity contribution >= 4 is 24.4 Å². The minimum Gasteiger partial charge on any atom is -0.480 e. The predicted molar refractivity (Wildman–Crippen MR) is 126 cm³/mol. The van der Waals surface area contributed by atoms with Crippen LogP contribution in [0.25, 0.3) is 0 Å². The number of aliphatic carboxylic acids is 1. The molecule has 0 bridgehead atoms. The van der Waals surface area contributed by atoms with Gasteiger partial charge in [-0.25, -0.2) is 14.4 Å². The Morgan fingerprint density at radius 1 is 0.861 bits per heavy atom. The first-order chi connectivity index (χ1) is 16.8. The Hall–Kier alpha value is -3.54. The summed E-state index contributed by atoms with van der Waals surface area (Å²) < 4.78 is 30.0. The summed E-state index contributed by atoms with van der Waals surface area (Å²) in [7, 11) is 1.14. The molecule has 0 saturated heterocycles. The van der Waals surface area contributed by atoms with Crippen molar-refractivity contribution in [3.05, 3.63) is 23.8 Å². The largest absolute Gasteiger partial charge is 0.513 e. The van der Waals surface area contributed by atoms with E-state index in [1.165, 1.54) is 18.2 Å². The van der Waals surface area contributed by atoms with Crippen LogP contribution in [0.5, 0.6) is 11.5 Å². The fourth-order valence-corrected chi connectivity index (χ4v) is 2.91. The van der Waals surface area contributed by atoms with Gasteiger partial charge < -0.3 is 39.3 Å². The molecule has 0 aliphatic heterocycles. The maximum Gasteiger partial charge on any atom is 0.513 e. The highest BCUT2D eigenvalue weighted by Gasteiger charge is 2.30. The van der Waals surface area contributed by atoms with Crippen LogP contribution >= 0.6 is 0 Å². The number of ether oxygens (including phenoxy) is 6. The smallest absolute Gasteiger partial charge is 0.480 e. The summed E-state index contributed by atoms with van der Waals surface area (Å²) in [4.78, 5) is 47.4. The van der Waals surface area contributed by atoms with E-state index < -0.39 is 42.5 Å². The summed E-state index contributed by atoms with van der Waals surface area (Å²) in [6.07, 6.45) is -3.78. The first-order valence-corrected chi connectivity index (χ1v) is 11.4. The van der Waals surface area contributed by atoms with Crippen molar-refractivity contribution in [1.82, 2.24) is 0 Å². The average molecular weight is 514 g/mol. The Morgan fingerprint density at radius 3 is 1.86 bits per heavy atom. The van der Waals surface area contributed by atoms with Gasteiger partial charge in [0.2, 0.25) is 0 Å². The van der Waals surface area contributed by atoms with E-state index >= 15 is 0 Å². The van der Waals surface area contributed by atoms with Crippen molar-refractivity contribution in [2.24, 2.45) is 17.6 Å². The molecule has 0 spiro atoms. The summed E-state index contributed by atoms with van der Waals surface area (Å²) in [5.41, 5.74) is 6.23. The Kier molecular flexibility index (Phi) is 12.5. The number of methoxy groups -OCH3 is 1. The van der Waals surface area contributed by atoms with Crippen molar-refractivity contribution in [2.75, 3.05) is 20.3 Å². The molecule has 2 unspecified atom stereocenters. The van der Waals surface area contributed by atoms with Crippen molar-refractivity contribution in [2.45, 2.75) is 59.1 Å². The number of benzene rings is 1. The van der Waals surface area contributed by atoms with Crippen LogP contribution in [-0.4, -0.2) is 62.0 Å². The fourth-order valence-electron chi connectivity index (χ4n) is 2.91. The highest BCUT2D eigenvalue weighted by Crippen LogP contribution is 2.35. The summed E-state index contributed by atoms with van der Waals surface area (Å²) in [5, 5.41) is 9.52. The Labute approximate surface area is 209 Å². The van der Waals surface area contributed by atoms with E-state index in [2.05, 4.69) is 4.74 Å². The molecule has 1 rings (SSSR count). The number of hydrogen-bond donors (Lipinski definition) is 2. The van der Waals surface area contributed by atoms with Gasteiger partial charge in [-0.05, 0) is 42.9 Å². The van der Waals surface area contributed by atoms with Gasteiger partial charge in [0.05, 0.1) is 20.3 Å². The molecule has 0 aromatic heterocycles. The van der Waals surface area contributed by atoms with Gasteiger partial charge >= 0.3 is 24.4 Å². The van der Waals surface area contributed by atoms with Gasteiger partial charge in [0.15, 0.2) is 11.5 Å². The molecule has 0 saturated carbocycles. The van der Waals surface area contributed by atoms with Crippen molar-refractivity contribution in [1.29, 1.82) is 0 Å². The van der Waals surface area contributed by atoms with Gasteiger partial charge in [-0.15, -0.1) is 0 Å². The minimum absolute atomic E-state index is 0.00354. The third-order valence-corrected chi connectivity index (χ3v) is 4.62. The lowest BCUT2D eigenvalue weighted by molar-refractivity contribution is -0.139. The molecule has 0 amide bonds. The topological polar surface area (TPSA) is 170 Å². The van der Waals surface area contributed by atoms with E-state index in [4.69, 9.17) is 29.4 Å². The Balaban J connectivity index is 3.31. The van der Waals surface area contributed by atoms with E-state index in [1.54, 1.807) is 6.92 Å². The van der Waals surface area contributed by atoms with E-state index in [0.29, 0.717) is 5.56 Å². The lowest BCUT2D eigenvalue weighted by Crippen LogP contribution is -2.38. The van der Waals surface area contributed by atoms with Gasteiger partial charge in [-0.3, -0.25) is 4.79 Å². The van der Waals surface area contributed by atoms with Crippen LogP contribution in [0.15, 0.2) is 18.2 Å². The van der Waals surface area contributed by atoms with Crippen molar-refractivity contribution in [3.63, 3.8) is 0 Å². The SMILES string of the molecule is COC(=O)OC(C)CC(c1ccc(OC(=O)OCC(C)C)c(OC(=O)OCC(C)C)c1)[C@H](N)C(=O)O. The molecule has 1 aromatic rings. The van der Waals surface area contributed by atoms with Gasteiger partial charge in [0, 0.05) is 5.92 Å². The van der Waals surface area contributed by atoms with Crippen LogP contribution in [0.4, 0.5) is 14.4 Å². The second-order valence-corrected chi connectivity index (χ2v) is 8.91. The molecule has 202 valence electrons. The zero-order chi connectivity index (χ0) is 27.4. The van der Waals surface area contributed by atoms with E-state index in [1.807, 2.05) is 27.7 Å². The highest BCUT2D eigenvalue weighted by atomic mass is 16.7. The van der Waals surface area contributed by atoms with Gasteiger partial charge in [-0.1, -0.05) is 33.8 Å². The maximum absolute atomic E-state index is 12.2. The molecule has 0 aliphatic rings. The molecule has 0 radical (unpaired) electrons. The lowest BCUT2D eigenvalue weighted by Gasteiger charge is -2.25. The lowest BCUT2D eigenvalue weighted by atomic mass is 9.87.